The lowest BCUT2D eigenvalue weighted by atomic mass is 10.1. The largest absolute Gasteiger partial charge is 0.328 e. The number of piperidine rings is 1. The van der Waals surface area contributed by atoms with E-state index in [9.17, 15) is 0 Å². The molecule has 0 bridgehead atoms. The van der Waals surface area contributed by atoms with Crippen molar-refractivity contribution in [2.75, 3.05) is 13.1 Å². The highest BCUT2D eigenvalue weighted by Gasteiger charge is 2.21. The molecule has 1 aliphatic rings. The van der Waals surface area contributed by atoms with Crippen molar-refractivity contribution < 1.29 is 0 Å². The van der Waals surface area contributed by atoms with Crippen LogP contribution in [0.25, 0.3) is 11.3 Å². The molecule has 0 spiro atoms. The van der Waals surface area contributed by atoms with Crippen LogP contribution in [0.1, 0.15) is 24.6 Å². The van der Waals surface area contributed by atoms with Gasteiger partial charge in [0.2, 0.25) is 0 Å². The van der Waals surface area contributed by atoms with E-state index in [1.807, 2.05) is 24.7 Å². The molecule has 3 rings (SSSR count). The molecule has 3 heterocycles. The molecule has 4 nitrogen and oxygen atoms in total. The van der Waals surface area contributed by atoms with Crippen LogP contribution in [-0.2, 0) is 7.05 Å². The van der Waals surface area contributed by atoms with Crippen LogP contribution in [-0.4, -0.2) is 27.4 Å². The van der Waals surface area contributed by atoms with E-state index in [0.717, 1.165) is 36.8 Å². The van der Waals surface area contributed by atoms with Gasteiger partial charge in [0.1, 0.15) is 5.15 Å². The van der Waals surface area contributed by atoms with Crippen LogP contribution in [0, 0.1) is 6.92 Å². The highest BCUT2D eigenvalue weighted by atomic mass is 35.5. The fourth-order valence-electron chi connectivity index (χ4n) is 2.93. The van der Waals surface area contributed by atoms with E-state index in [1.165, 1.54) is 11.3 Å². The minimum absolute atomic E-state index is 0.485. The smallest absolute Gasteiger partial charge is 0.109 e. The van der Waals surface area contributed by atoms with Gasteiger partial charge in [-0.1, -0.05) is 11.6 Å². The van der Waals surface area contributed by atoms with Crippen LogP contribution in [0.3, 0.4) is 0 Å². The average Bonchev–Trinajstić information content (AvgIpc) is 2.93. The van der Waals surface area contributed by atoms with E-state index in [2.05, 4.69) is 27.2 Å². The zero-order chi connectivity index (χ0) is 13.4. The average molecular weight is 279 g/mol. The summed E-state index contributed by atoms with van der Waals surface area (Å²) < 4.78 is 4.13. The lowest BCUT2D eigenvalue weighted by Crippen LogP contribution is -2.29. The van der Waals surface area contributed by atoms with Crippen LogP contribution in [0.15, 0.2) is 18.3 Å². The number of nitrogens with zero attached hydrogens (tertiary/aromatic N) is 3. The number of nitrogens with one attached hydrogen (secondary N) is 1. The second-order valence-electron chi connectivity index (χ2n) is 5.19. The van der Waals surface area contributed by atoms with Crippen LogP contribution in [0.2, 0.25) is 5.15 Å². The van der Waals surface area contributed by atoms with Crippen molar-refractivity contribution in [3.05, 3.63) is 29.2 Å². The Morgan fingerprint density at radius 1 is 1.32 bits per heavy atom. The maximum atomic E-state index is 6.40. The lowest BCUT2D eigenvalue weighted by Gasteiger charge is -2.27. The zero-order valence-electron chi connectivity index (χ0n) is 11.4. The summed E-state index contributed by atoms with van der Waals surface area (Å²) in [6, 6.07) is 4.58. The van der Waals surface area contributed by atoms with Crippen molar-refractivity contribution in [1.82, 2.24) is 19.7 Å². The van der Waals surface area contributed by atoms with Gasteiger partial charge in [0, 0.05) is 24.8 Å². The van der Waals surface area contributed by atoms with Crippen molar-refractivity contribution in [3.8, 4) is 11.3 Å². The zero-order valence-corrected chi connectivity index (χ0v) is 12.1. The molecule has 0 atom stereocenters. The Balaban J connectivity index is 2.05. The highest BCUT2D eigenvalue weighted by molar-refractivity contribution is 6.30. The van der Waals surface area contributed by atoms with Crippen LogP contribution in [0.5, 0.6) is 0 Å². The first kappa shape index (κ1) is 12.8. The standard InChI is InChI=1S/C14H19ClN4/c1-10-12(9-18(2)17-10)13-3-4-14(15)19(13)11-5-7-16-8-6-11/h3-4,9,11,16H,5-8H2,1-2H3. The Kier molecular flexibility index (Phi) is 3.37. The second kappa shape index (κ2) is 5.02. The van der Waals surface area contributed by atoms with Gasteiger partial charge in [-0.2, -0.15) is 5.10 Å². The minimum atomic E-state index is 0.485. The summed E-state index contributed by atoms with van der Waals surface area (Å²) in [6.07, 6.45) is 4.32. The number of rotatable bonds is 2. The molecule has 1 fully saturated rings. The molecule has 0 saturated carbocycles. The normalized spacial score (nSPS) is 17.0. The van der Waals surface area contributed by atoms with Gasteiger partial charge in [0.25, 0.3) is 0 Å². The third-order valence-corrected chi connectivity index (χ3v) is 4.14. The fraction of sp³-hybridized carbons (Fsp3) is 0.500. The molecule has 2 aromatic heterocycles. The first-order valence-electron chi connectivity index (χ1n) is 6.75. The van der Waals surface area contributed by atoms with Crippen LogP contribution < -0.4 is 5.32 Å². The Morgan fingerprint density at radius 2 is 2.05 bits per heavy atom. The third kappa shape index (κ3) is 2.30. The maximum Gasteiger partial charge on any atom is 0.109 e. The Labute approximate surface area is 118 Å². The summed E-state index contributed by atoms with van der Waals surface area (Å²) >= 11 is 6.40. The fourth-order valence-corrected chi connectivity index (χ4v) is 3.22. The topological polar surface area (TPSA) is 34.8 Å². The molecular weight excluding hydrogens is 260 g/mol. The SMILES string of the molecule is Cc1nn(C)cc1-c1ccc(Cl)n1C1CCNCC1. The number of aromatic nitrogens is 3. The van der Waals surface area contributed by atoms with Crippen molar-refractivity contribution >= 4 is 11.6 Å². The molecule has 0 amide bonds. The Bertz CT molecular complexity index is 578. The number of halogens is 1. The summed E-state index contributed by atoms with van der Waals surface area (Å²) in [4.78, 5) is 0. The van der Waals surface area contributed by atoms with E-state index in [4.69, 9.17) is 11.6 Å². The number of hydrogen-bond acceptors (Lipinski definition) is 2. The Hall–Kier alpha value is -1.26. The maximum absolute atomic E-state index is 6.40. The van der Waals surface area contributed by atoms with Gasteiger partial charge >= 0.3 is 0 Å². The molecule has 5 heteroatoms. The van der Waals surface area contributed by atoms with Crippen LogP contribution in [0.4, 0.5) is 0 Å². The minimum Gasteiger partial charge on any atom is -0.328 e. The molecule has 1 N–H and O–H groups in total. The van der Waals surface area contributed by atoms with Crippen molar-refractivity contribution in [2.45, 2.75) is 25.8 Å². The summed E-state index contributed by atoms with van der Waals surface area (Å²) in [5.41, 5.74) is 3.41. The molecule has 102 valence electrons. The third-order valence-electron chi connectivity index (χ3n) is 3.83. The molecule has 0 aromatic carbocycles. The van der Waals surface area contributed by atoms with E-state index in [0.29, 0.717) is 6.04 Å². The first-order valence-corrected chi connectivity index (χ1v) is 7.12. The molecular formula is C14H19ClN4. The number of aryl methyl sites for hydroxylation is 2. The molecule has 0 unspecified atom stereocenters. The molecule has 1 aliphatic heterocycles. The van der Waals surface area contributed by atoms with E-state index in [1.54, 1.807) is 0 Å². The van der Waals surface area contributed by atoms with Crippen molar-refractivity contribution in [1.29, 1.82) is 0 Å². The molecule has 1 saturated heterocycles. The summed E-state index contributed by atoms with van der Waals surface area (Å²) in [5.74, 6) is 0. The predicted octanol–water partition coefficient (Wildman–Crippen LogP) is 2.77. The van der Waals surface area contributed by atoms with Gasteiger partial charge < -0.3 is 9.88 Å². The van der Waals surface area contributed by atoms with Gasteiger partial charge in [-0.25, -0.2) is 0 Å². The molecule has 0 radical (unpaired) electrons. The summed E-state index contributed by atoms with van der Waals surface area (Å²) in [5, 5.41) is 8.65. The van der Waals surface area contributed by atoms with Crippen LogP contribution >= 0.6 is 11.6 Å². The van der Waals surface area contributed by atoms with Gasteiger partial charge in [0.05, 0.1) is 11.4 Å². The molecule has 2 aromatic rings. The van der Waals surface area contributed by atoms with Gasteiger partial charge in [-0.05, 0) is 45.0 Å². The quantitative estimate of drug-likeness (QED) is 0.917. The van der Waals surface area contributed by atoms with Crippen molar-refractivity contribution in [2.24, 2.45) is 7.05 Å². The van der Waals surface area contributed by atoms with E-state index >= 15 is 0 Å². The second-order valence-corrected chi connectivity index (χ2v) is 5.58. The number of hydrogen-bond donors (Lipinski definition) is 1. The van der Waals surface area contributed by atoms with E-state index in [-0.39, 0.29) is 0 Å². The lowest BCUT2D eigenvalue weighted by molar-refractivity contribution is 0.372. The van der Waals surface area contributed by atoms with Gasteiger partial charge in [-0.3, -0.25) is 4.68 Å². The first-order chi connectivity index (χ1) is 9.16. The predicted molar refractivity (Wildman–Crippen MR) is 77.5 cm³/mol. The van der Waals surface area contributed by atoms with Crippen molar-refractivity contribution in [3.63, 3.8) is 0 Å². The van der Waals surface area contributed by atoms with E-state index < -0.39 is 0 Å². The summed E-state index contributed by atoms with van der Waals surface area (Å²) in [7, 11) is 1.95. The molecule has 0 aliphatic carbocycles. The molecule has 19 heavy (non-hydrogen) atoms. The van der Waals surface area contributed by atoms with Gasteiger partial charge in [0.15, 0.2) is 0 Å². The highest BCUT2D eigenvalue weighted by Crippen LogP contribution is 2.33. The Morgan fingerprint density at radius 3 is 2.68 bits per heavy atom. The summed E-state index contributed by atoms with van der Waals surface area (Å²) in [6.45, 7) is 4.16. The van der Waals surface area contributed by atoms with Gasteiger partial charge in [-0.15, -0.1) is 0 Å². The monoisotopic (exact) mass is 278 g/mol.